The van der Waals surface area contributed by atoms with E-state index in [2.05, 4.69) is 133 Å². The fourth-order valence-corrected chi connectivity index (χ4v) is 5.27. The minimum absolute atomic E-state index is 0.931. The summed E-state index contributed by atoms with van der Waals surface area (Å²) >= 11 is 0. The molecule has 0 spiro atoms. The quantitative estimate of drug-likeness (QED) is 0.223. The van der Waals surface area contributed by atoms with Crippen LogP contribution in [0.3, 0.4) is 0 Å². The maximum atomic E-state index is 2.45. The third-order valence-electron chi connectivity index (χ3n) is 7.01. The molecule has 0 fully saturated rings. The molecule has 6 aromatic rings. The third kappa shape index (κ3) is 4.61. The molecule has 35 heavy (non-hydrogen) atoms. The highest BCUT2D eigenvalue weighted by Gasteiger charge is 2.16. The molecule has 0 aliphatic rings. The van der Waals surface area contributed by atoms with E-state index in [0.29, 0.717) is 0 Å². The van der Waals surface area contributed by atoms with Gasteiger partial charge in [0.15, 0.2) is 0 Å². The highest BCUT2D eigenvalue weighted by molar-refractivity contribution is 6.00. The van der Waals surface area contributed by atoms with Gasteiger partial charge in [-0.15, -0.1) is 0 Å². The van der Waals surface area contributed by atoms with E-state index in [4.69, 9.17) is 0 Å². The summed E-state index contributed by atoms with van der Waals surface area (Å²) in [5, 5.41) is 5.30. The van der Waals surface area contributed by atoms with E-state index < -0.39 is 0 Å². The second-order valence-electron chi connectivity index (χ2n) is 9.40. The minimum atomic E-state index is 0.931. The van der Waals surface area contributed by atoms with Gasteiger partial charge in [-0.05, 0) is 86.3 Å². The number of fused-ring (bicyclic) bond motifs is 2. The molecule has 0 nitrogen and oxygen atoms in total. The molecule has 0 heterocycles. The molecule has 0 bridgehead atoms. The van der Waals surface area contributed by atoms with Crippen molar-refractivity contribution >= 4 is 21.5 Å². The summed E-state index contributed by atoms with van der Waals surface area (Å²) in [5.74, 6) is 0. The van der Waals surface area contributed by atoms with Crippen LogP contribution in [0.25, 0.3) is 21.5 Å². The zero-order valence-electron chi connectivity index (χ0n) is 19.8. The van der Waals surface area contributed by atoms with E-state index >= 15 is 0 Å². The van der Waals surface area contributed by atoms with Crippen molar-refractivity contribution < 1.29 is 0 Å². The van der Waals surface area contributed by atoms with E-state index in [1.165, 1.54) is 54.9 Å². The molecule has 0 N–H and O–H groups in total. The molecule has 6 aromatic carbocycles. The van der Waals surface area contributed by atoms with Crippen molar-refractivity contribution in [2.24, 2.45) is 0 Å². The third-order valence-corrected chi connectivity index (χ3v) is 7.01. The molecule has 0 aromatic heterocycles. The molecule has 0 saturated heterocycles. The van der Waals surface area contributed by atoms with Crippen molar-refractivity contribution in [1.29, 1.82) is 0 Å². The Balaban J connectivity index is 1.62. The Hall–Kier alpha value is -4.16. The predicted octanol–water partition coefficient (Wildman–Crippen LogP) is 8.77. The van der Waals surface area contributed by atoms with Gasteiger partial charge in [0.05, 0.1) is 0 Å². The van der Waals surface area contributed by atoms with Gasteiger partial charge in [-0.2, -0.15) is 0 Å². The van der Waals surface area contributed by atoms with Crippen LogP contribution >= 0.6 is 0 Å². The van der Waals surface area contributed by atoms with E-state index in [-0.39, 0.29) is 0 Å². The summed E-state index contributed by atoms with van der Waals surface area (Å²) in [5.41, 5.74) is 8.41. The van der Waals surface area contributed by atoms with Crippen LogP contribution in [0.15, 0.2) is 133 Å². The Labute approximate surface area is 207 Å². The topological polar surface area (TPSA) is 0 Å². The number of hydrogen-bond acceptors (Lipinski definition) is 0. The first-order valence-electron chi connectivity index (χ1n) is 12.4. The lowest BCUT2D eigenvalue weighted by Crippen LogP contribution is -2.05. The predicted molar refractivity (Wildman–Crippen MR) is 149 cm³/mol. The molecule has 0 aliphatic carbocycles. The normalized spacial score (nSPS) is 11.2. The van der Waals surface area contributed by atoms with Gasteiger partial charge >= 0.3 is 0 Å². The number of rotatable bonds is 6. The molecule has 6 rings (SSSR count). The molecular formula is C35H28. The molecule has 0 aliphatic heterocycles. The first kappa shape index (κ1) is 21.4. The van der Waals surface area contributed by atoms with Gasteiger partial charge in [0.25, 0.3) is 0 Å². The average molecular weight is 449 g/mol. The van der Waals surface area contributed by atoms with E-state index in [1.54, 1.807) is 0 Å². The van der Waals surface area contributed by atoms with Gasteiger partial charge in [-0.3, -0.25) is 0 Å². The van der Waals surface area contributed by atoms with Gasteiger partial charge in [-0.1, -0.05) is 121 Å². The molecule has 0 saturated carbocycles. The second kappa shape index (κ2) is 9.60. The van der Waals surface area contributed by atoms with Crippen LogP contribution in [0.1, 0.15) is 33.4 Å². The maximum absolute atomic E-state index is 2.45. The van der Waals surface area contributed by atoms with Crippen LogP contribution in [-0.4, -0.2) is 0 Å². The highest BCUT2D eigenvalue weighted by atomic mass is 14.2. The highest BCUT2D eigenvalue weighted by Crippen LogP contribution is 2.34. The zero-order chi connectivity index (χ0) is 23.5. The van der Waals surface area contributed by atoms with Gasteiger partial charge in [0, 0.05) is 0 Å². The van der Waals surface area contributed by atoms with E-state index in [9.17, 15) is 0 Å². The second-order valence-corrected chi connectivity index (χ2v) is 9.40. The SMILES string of the molecule is c1ccc(Cc2cc3cc4ccccc4cc3c(Cc3ccccc3)c2Cc2ccccc2)cc1. The van der Waals surface area contributed by atoms with Crippen molar-refractivity contribution in [2.75, 3.05) is 0 Å². The standard InChI is InChI=1S/C35H28/c1-4-12-26(13-5-1)20-31-24-32-23-29-18-10-11-19-30(29)25-34(32)35(22-28-16-8-3-9-17-28)33(31)21-27-14-6-2-7-15-27/h1-19,23-25H,20-22H2. The van der Waals surface area contributed by atoms with Crippen molar-refractivity contribution in [3.05, 3.63) is 167 Å². The largest absolute Gasteiger partial charge is 0.0622 e. The zero-order valence-corrected chi connectivity index (χ0v) is 19.8. The Morgan fingerprint density at radius 1 is 0.343 bits per heavy atom. The van der Waals surface area contributed by atoms with Gasteiger partial charge in [-0.25, -0.2) is 0 Å². The monoisotopic (exact) mass is 448 g/mol. The fourth-order valence-electron chi connectivity index (χ4n) is 5.27. The molecule has 168 valence electrons. The van der Waals surface area contributed by atoms with Crippen LogP contribution in [0.4, 0.5) is 0 Å². The van der Waals surface area contributed by atoms with Crippen LogP contribution in [0, 0.1) is 0 Å². The van der Waals surface area contributed by atoms with Crippen molar-refractivity contribution in [1.82, 2.24) is 0 Å². The van der Waals surface area contributed by atoms with Crippen LogP contribution < -0.4 is 0 Å². The summed E-state index contributed by atoms with van der Waals surface area (Å²) in [6.07, 6.45) is 2.81. The van der Waals surface area contributed by atoms with Crippen LogP contribution in [0.2, 0.25) is 0 Å². The number of benzene rings is 6. The van der Waals surface area contributed by atoms with E-state index in [0.717, 1.165) is 19.3 Å². The number of hydrogen-bond donors (Lipinski definition) is 0. The average Bonchev–Trinajstić information content (AvgIpc) is 2.91. The molecule has 0 heteroatoms. The molecule has 0 unspecified atom stereocenters. The Morgan fingerprint density at radius 3 is 1.37 bits per heavy atom. The minimum Gasteiger partial charge on any atom is -0.0622 e. The first-order chi connectivity index (χ1) is 17.3. The van der Waals surface area contributed by atoms with Gasteiger partial charge in [0.1, 0.15) is 0 Å². The van der Waals surface area contributed by atoms with Gasteiger partial charge < -0.3 is 0 Å². The Bertz CT molecular complexity index is 1580. The van der Waals surface area contributed by atoms with Crippen molar-refractivity contribution in [3.8, 4) is 0 Å². The smallest absolute Gasteiger partial charge is 0.00167 e. The molecule has 0 amide bonds. The summed E-state index contributed by atoms with van der Waals surface area (Å²) in [6, 6.07) is 48.6. The Morgan fingerprint density at radius 2 is 0.800 bits per heavy atom. The van der Waals surface area contributed by atoms with E-state index in [1.807, 2.05) is 0 Å². The summed E-state index contributed by atoms with van der Waals surface area (Å²) in [6.45, 7) is 0. The molecular weight excluding hydrogens is 420 g/mol. The Kier molecular flexibility index (Phi) is 5.87. The maximum Gasteiger partial charge on any atom is -0.00167 e. The molecule has 0 radical (unpaired) electrons. The van der Waals surface area contributed by atoms with Crippen molar-refractivity contribution in [3.63, 3.8) is 0 Å². The summed E-state index contributed by atoms with van der Waals surface area (Å²) in [4.78, 5) is 0. The molecule has 0 atom stereocenters. The lowest BCUT2D eigenvalue weighted by Gasteiger charge is -2.20. The summed E-state index contributed by atoms with van der Waals surface area (Å²) in [7, 11) is 0. The summed E-state index contributed by atoms with van der Waals surface area (Å²) < 4.78 is 0. The first-order valence-corrected chi connectivity index (χ1v) is 12.4. The van der Waals surface area contributed by atoms with Crippen molar-refractivity contribution in [2.45, 2.75) is 19.3 Å². The fraction of sp³-hybridized carbons (Fsp3) is 0.0857. The van der Waals surface area contributed by atoms with Crippen LogP contribution in [-0.2, 0) is 19.3 Å². The lowest BCUT2D eigenvalue weighted by molar-refractivity contribution is 1.05. The lowest BCUT2D eigenvalue weighted by atomic mass is 9.84. The van der Waals surface area contributed by atoms with Crippen LogP contribution in [0.5, 0.6) is 0 Å². The van der Waals surface area contributed by atoms with Gasteiger partial charge in [0.2, 0.25) is 0 Å².